The van der Waals surface area contributed by atoms with Crippen molar-refractivity contribution in [1.82, 2.24) is 30.0 Å². The molecule has 1 fully saturated rings. The minimum Gasteiger partial charge on any atom is -0.465 e. The first-order chi connectivity index (χ1) is 14.5. The molecule has 3 aromatic rings. The van der Waals surface area contributed by atoms with Crippen molar-refractivity contribution in [3.05, 3.63) is 54.6 Å². The predicted molar refractivity (Wildman–Crippen MR) is 101 cm³/mol. The minimum absolute atomic E-state index is 0.131. The number of likely N-dealkylation sites (tertiary alicyclic amines) is 1. The van der Waals surface area contributed by atoms with Crippen molar-refractivity contribution in [2.45, 2.75) is 25.0 Å². The number of nitrogens with zero attached hydrogens (tertiary/aromatic N) is 6. The first-order valence-electron chi connectivity index (χ1n) is 9.12. The lowest BCUT2D eigenvalue weighted by Crippen LogP contribution is -2.39. The number of rotatable bonds is 5. The number of hydrogen-bond acceptors (Lipinski definition) is 7. The van der Waals surface area contributed by atoms with Crippen LogP contribution in [0.4, 0.5) is 4.79 Å². The van der Waals surface area contributed by atoms with Gasteiger partial charge in [0.2, 0.25) is 0 Å². The third-order valence-electron chi connectivity index (χ3n) is 4.84. The molecular formula is C19H17N7O4. The number of aromatic nitrogens is 4. The normalized spacial score (nSPS) is 18.2. The number of hydrogen-bond donors (Lipinski definition) is 2. The van der Waals surface area contributed by atoms with Crippen molar-refractivity contribution in [3.63, 3.8) is 0 Å². The Morgan fingerprint density at radius 2 is 2.27 bits per heavy atom. The molecule has 0 spiro atoms. The first kappa shape index (κ1) is 19.1. The van der Waals surface area contributed by atoms with Gasteiger partial charge in [-0.25, -0.2) is 14.8 Å². The van der Waals surface area contributed by atoms with Crippen LogP contribution < -0.4 is 5.32 Å². The topological polar surface area (TPSA) is 150 Å². The molecule has 11 nitrogen and oxygen atoms in total. The van der Waals surface area contributed by atoms with E-state index in [2.05, 4.69) is 20.4 Å². The van der Waals surface area contributed by atoms with Gasteiger partial charge in [0.05, 0.1) is 30.4 Å². The maximum Gasteiger partial charge on any atom is 0.407 e. The van der Waals surface area contributed by atoms with Gasteiger partial charge in [-0.05, 0) is 18.6 Å². The Morgan fingerprint density at radius 3 is 3.00 bits per heavy atom. The molecule has 0 radical (unpaired) electrons. The molecule has 0 bridgehead atoms. The zero-order chi connectivity index (χ0) is 21.1. The average molecular weight is 407 g/mol. The summed E-state index contributed by atoms with van der Waals surface area (Å²) in [5.74, 6) is -0.303. The lowest BCUT2D eigenvalue weighted by atomic mass is 10.1. The number of carbonyl (C=O) groups is 2. The van der Waals surface area contributed by atoms with E-state index in [1.54, 1.807) is 28.9 Å². The number of benzene rings is 1. The van der Waals surface area contributed by atoms with Gasteiger partial charge in [-0.15, -0.1) is 0 Å². The van der Waals surface area contributed by atoms with Crippen LogP contribution in [0.25, 0.3) is 11.3 Å². The molecule has 3 heterocycles. The molecule has 152 valence electrons. The number of nitriles is 1. The molecule has 2 aromatic heterocycles. The van der Waals surface area contributed by atoms with Crippen molar-refractivity contribution >= 4 is 12.0 Å². The summed E-state index contributed by atoms with van der Waals surface area (Å²) in [5.41, 5.74) is 1.10. The van der Waals surface area contributed by atoms with E-state index in [1.165, 1.54) is 23.8 Å². The van der Waals surface area contributed by atoms with Gasteiger partial charge in [0, 0.05) is 18.2 Å². The van der Waals surface area contributed by atoms with Gasteiger partial charge in [0.1, 0.15) is 12.7 Å². The summed E-state index contributed by atoms with van der Waals surface area (Å²) in [6.07, 6.45) is 3.67. The lowest BCUT2D eigenvalue weighted by molar-refractivity contribution is 0.0901. The van der Waals surface area contributed by atoms with Crippen molar-refractivity contribution in [2.75, 3.05) is 6.54 Å². The summed E-state index contributed by atoms with van der Waals surface area (Å²) in [5, 5.41) is 25.3. The number of nitrogens with one attached hydrogen (secondary N) is 1. The molecule has 1 saturated heterocycles. The third-order valence-corrected chi connectivity index (χ3v) is 4.84. The Morgan fingerprint density at radius 1 is 1.40 bits per heavy atom. The van der Waals surface area contributed by atoms with Gasteiger partial charge in [-0.2, -0.15) is 10.4 Å². The van der Waals surface area contributed by atoms with Crippen LogP contribution in [0.3, 0.4) is 0 Å². The average Bonchev–Trinajstić information content (AvgIpc) is 3.49. The second kappa shape index (κ2) is 8.04. The van der Waals surface area contributed by atoms with Gasteiger partial charge in [-0.3, -0.25) is 9.48 Å². The zero-order valence-electron chi connectivity index (χ0n) is 15.7. The monoisotopic (exact) mass is 407 g/mol. The highest BCUT2D eigenvalue weighted by molar-refractivity contribution is 5.90. The number of amides is 2. The van der Waals surface area contributed by atoms with Crippen molar-refractivity contribution in [1.29, 1.82) is 5.26 Å². The van der Waals surface area contributed by atoms with Crippen LogP contribution >= 0.6 is 0 Å². The molecule has 30 heavy (non-hydrogen) atoms. The molecule has 2 amide bonds. The molecule has 1 aliphatic heterocycles. The summed E-state index contributed by atoms with van der Waals surface area (Å²) in [6, 6.07) is 8.07. The number of oxazole rings is 1. The summed E-state index contributed by atoms with van der Waals surface area (Å²) in [7, 11) is 0. The standard InChI is InChI=1S/C19H17N7O4/c20-6-12-2-1-3-13(4-12)16-7-22-18(30-16)17(27)24-14-5-15(26(8-14)19(28)29)9-25-11-21-10-23-25/h1-4,7,10-11,14-15H,5,8-9H2,(H,24,27)(H,28,29)/t14-,15+/m1/s1. The van der Waals surface area contributed by atoms with Crippen LogP contribution in [0.1, 0.15) is 22.7 Å². The second-order valence-electron chi connectivity index (χ2n) is 6.83. The van der Waals surface area contributed by atoms with E-state index in [0.29, 0.717) is 29.9 Å². The van der Waals surface area contributed by atoms with Crippen LogP contribution in [-0.2, 0) is 6.54 Å². The van der Waals surface area contributed by atoms with Crippen LogP contribution in [0, 0.1) is 11.3 Å². The lowest BCUT2D eigenvalue weighted by Gasteiger charge is -2.20. The highest BCUT2D eigenvalue weighted by Crippen LogP contribution is 2.23. The molecule has 1 aliphatic rings. The van der Waals surface area contributed by atoms with E-state index in [0.717, 1.165) is 0 Å². The van der Waals surface area contributed by atoms with Gasteiger partial charge in [0.25, 0.3) is 5.89 Å². The Kier molecular flexibility index (Phi) is 5.13. The summed E-state index contributed by atoms with van der Waals surface area (Å²) in [6.45, 7) is 0.495. The maximum absolute atomic E-state index is 12.6. The van der Waals surface area contributed by atoms with E-state index in [9.17, 15) is 14.7 Å². The Labute approximate surface area is 170 Å². The third kappa shape index (κ3) is 3.97. The minimum atomic E-state index is -1.06. The molecule has 2 N–H and O–H groups in total. The smallest absolute Gasteiger partial charge is 0.407 e. The van der Waals surface area contributed by atoms with E-state index in [4.69, 9.17) is 9.68 Å². The summed E-state index contributed by atoms with van der Waals surface area (Å²) >= 11 is 0. The van der Waals surface area contributed by atoms with E-state index in [-0.39, 0.29) is 24.5 Å². The fourth-order valence-electron chi connectivity index (χ4n) is 3.47. The summed E-state index contributed by atoms with van der Waals surface area (Å²) < 4.78 is 7.10. The van der Waals surface area contributed by atoms with Gasteiger partial charge >= 0.3 is 12.0 Å². The van der Waals surface area contributed by atoms with E-state index in [1.807, 2.05) is 6.07 Å². The maximum atomic E-state index is 12.6. The number of carbonyl (C=O) groups excluding carboxylic acids is 1. The molecule has 0 unspecified atom stereocenters. The highest BCUT2D eigenvalue weighted by atomic mass is 16.4. The molecule has 1 aromatic carbocycles. The molecule has 11 heteroatoms. The van der Waals surface area contributed by atoms with Crippen molar-refractivity contribution < 1.29 is 19.1 Å². The summed E-state index contributed by atoms with van der Waals surface area (Å²) in [4.78, 5) is 33.3. The SMILES string of the molecule is N#Cc1cccc(-c2cnc(C(=O)N[C@@H]3C[C@@H](Cn4cncn4)N(C(=O)O)C3)o2)c1. The molecule has 0 aliphatic carbocycles. The second-order valence-corrected chi connectivity index (χ2v) is 6.83. The van der Waals surface area contributed by atoms with Crippen molar-refractivity contribution in [3.8, 4) is 17.4 Å². The van der Waals surface area contributed by atoms with E-state index >= 15 is 0 Å². The molecule has 2 atom stereocenters. The van der Waals surface area contributed by atoms with Gasteiger partial charge < -0.3 is 19.7 Å². The predicted octanol–water partition coefficient (Wildman–Crippen LogP) is 1.36. The molecule has 4 rings (SSSR count). The fourth-order valence-corrected chi connectivity index (χ4v) is 3.47. The fraction of sp³-hybridized carbons (Fsp3) is 0.263. The first-order valence-corrected chi connectivity index (χ1v) is 9.12. The van der Waals surface area contributed by atoms with Gasteiger partial charge in [-0.1, -0.05) is 12.1 Å². The van der Waals surface area contributed by atoms with Crippen LogP contribution in [0.2, 0.25) is 0 Å². The largest absolute Gasteiger partial charge is 0.465 e. The Balaban J connectivity index is 1.43. The van der Waals surface area contributed by atoms with Crippen LogP contribution in [0.5, 0.6) is 0 Å². The number of carboxylic acid groups (broad SMARTS) is 1. The quantitative estimate of drug-likeness (QED) is 0.643. The highest BCUT2D eigenvalue weighted by Gasteiger charge is 2.37. The van der Waals surface area contributed by atoms with Crippen LogP contribution in [-0.4, -0.2) is 60.4 Å². The Hall–Kier alpha value is -4.20. The molecular weight excluding hydrogens is 390 g/mol. The van der Waals surface area contributed by atoms with Crippen LogP contribution in [0.15, 0.2) is 47.5 Å². The van der Waals surface area contributed by atoms with Gasteiger partial charge in [0.15, 0.2) is 5.76 Å². The molecule has 0 saturated carbocycles. The van der Waals surface area contributed by atoms with E-state index < -0.39 is 12.0 Å². The zero-order valence-corrected chi connectivity index (χ0v) is 15.7. The van der Waals surface area contributed by atoms with Crippen molar-refractivity contribution in [2.24, 2.45) is 0 Å². The Bertz CT molecular complexity index is 1100.